The SMILES string of the molecule is CC(C)NS(=O)(=O)NC(=O)[C@@]1(O)CC(=O)N(C)CC/C=C/[C@H](O)[C@@H]2CC[C@H]2CN2CCCCc3cc(Cl)ccc3COc3ccc1cc32. The van der Waals surface area contributed by atoms with Gasteiger partial charge in [0, 0.05) is 37.7 Å². The molecule has 4 atom stereocenters. The molecule has 4 N–H and O–H groups in total. The molecule has 2 aromatic rings. The Hall–Kier alpha value is -3.16. The standard InChI is InChI=1S/C35H47ClN4O7S/c1-23(2)37-48(45,46)38-34(43)35(44)20-33(42)39(3)16-6-5-9-31(41)29-14-11-25(29)21-40-17-7-4-8-24-18-28(36)13-10-26(24)22-47-32-15-12-27(35)19-30(32)40/h5,9-10,12-13,15,18-19,23,25,29,31,37,41,44H,4,6-8,11,14,16-17,20-22H2,1-3H3,(H,38,43)/b9-5+/t25-,29+,31-,35+/m0/s1. The Balaban J connectivity index is 1.61. The highest BCUT2D eigenvalue weighted by atomic mass is 35.5. The Kier molecular flexibility index (Phi) is 11.4. The molecule has 0 unspecified atom stereocenters. The minimum Gasteiger partial charge on any atom is -0.487 e. The van der Waals surface area contributed by atoms with E-state index in [9.17, 15) is 28.2 Å². The van der Waals surface area contributed by atoms with Crippen LogP contribution in [-0.4, -0.2) is 74.2 Å². The molecular formula is C35H47ClN4O7S. The highest BCUT2D eigenvalue weighted by Crippen LogP contribution is 2.42. The summed E-state index contributed by atoms with van der Waals surface area (Å²) in [7, 11) is -2.79. The van der Waals surface area contributed by atoms with E-state index in [0.717, 1.165) is 43.2 Å². The first-order valence-electron chi connectivity index (χ1n) is 16.7. The van der Waals surface area contributed by atoms with E-state index in [0.29, 0.717) is 36.0 Å². The van der Waals surface area contributed by atoms with Gasteiger partial charge in [-0.05, 0) is 105 Å². The van der Waals surface area contributed by atoms with Gasteiger partial charge >= 0.3 is 10.2 Å². The van der Waals surface area contributed by atoms with Crippen LogP contribution in [0, 0.1) is 11.8 Å². The third-order valence-electron chi connectivity index (χ3n) is 9.61. The zero-order chi connectivity index (χ0) is 34.6. The van der Waals surface area contributed by atoms with E-state index in [2.05, 4.69) is 9.62 Å². The molecule has 2 heterocycles. The maximum absolute atomic E-state index is 13.8. The summed E-state index contributed by atoms with van der Waals surface area (Å²) in [6, 6.07) is 10.1. The lowest BCUT2D eigenvalue weighted by Crippen LogP contribution is -2.53. The van der Waals surface area contributed by atoms with Crippen molar-refractivity contribution >= 4 is 39.3 Å². The number of anilines is 1. The fourth-order valence-electron chi connectivity index (χ4n) is 6.73. The molecule has 0 radical (unpaired) electrons. The van der Waals surface area contributed by atoms with Crippen molar-refractivity contribution in [1.29, 1.82) is 0 Å². The maximum Gasteiger partial charge on any atom is 0.301 e. The second kappa shape index (κ2) is 15.2. The van der Waals surface area contributed by atoms with Crippen LogP contribution in [0.3, 0.4) is 0 Å². The third-order valence-corrected chi connectivity index (χ3v) is 11.1. The van der Waals surface area contributed by atoms with Crippen LogP contribution in [0.5, 0.6) is 5.75 Å². The van der Waals surface area contributed by atoms with E-state index in [1.807, 2.05) is 29.0 Å². The van der Waals surface area contributed by atoms with Gasteiger partial charge in [-0.25, -0.2) is 4.72 Å². The van der Waals surface area contributed by atoms with Crippen molar-refractivity contribution in [2.45, 2.75) is 83.1 Å². The Morgan fingerprint density at radius 1 is 1.10 bits per heavy atom. The van der Waals surface area contributed by atoms with Crippen molar-refractivity contribution in [3.05, 3.63) is 70.3 Å². The molecule has 5 rings (SSSR count). The summed E-state index contributed by atoms with van der Waals surface area (Å²) >= 11 is 6.33. The van der Waals surface area contributed by atoms with E-state index < -0.39 is 46.2 Å². The Bertz CT molecular complexity index is 1630. The molecule has 0 saturated heterocycles. The average molecular weight is 703 g/mol. The summed E-state index contributed by atoms with van der Waals surface area (Å²) in [5.74, 6) is -1.03. The first-order valence-corrected chi connectivity index (χ1v) is 18.6. The zero-order valence-electron chi connectivity index (χ0n) is 27.8. The Morgan fingerprint density at radius 3 is 2.62 bits per heavy atom. The highest BCUT2D eigenvalue weighted by molar-refractivity contribution is 7.88. The van der Waals surface area contributed by atoms with Crippen molar-refractivity contribution in [2.24, 2.45) is 11.8 Å². The van der Waals surface area contributed by atoms with Gasteiger partial charge < -0.3 is 24.7 Å². The van der Waals surface area contributed by atoms with E-state index in [1.54, 1.807) is 39.1 Å². The molecule has 48 heavy (non-hydrogen) atoms. The van der Waals surface area contributed by atoms with Gasteiger partial charge in [-0.3, -0.25) is 9.59 Å². The number of rotatable bonds is 4. The van der Waals surface area contributed by atoms with Gasteiger partial charge in [-0.2, -0.15) is 13.1 Å². The van der Waals surface area contributed by atoms with Crippen LogP contribution in [0.25, 0.3) is 0 Å². The lowest BCUT2D eigenvalue weighted by Gasteiger charge is -2.43. The molecule has 2 bridgehead atoms. The molecule has 11 nitrogen and oxygen atoms in total. The van der Waals surface area contributed by atoms with Gasteiger partial charge in [0.1, 0.15) is 12.4 Å². The third kappa shape index (κ3) is 8.52. The minimum atomic E-state index is -4.35. The fraction of sp³-hybridized carbons (Fsp3) is 0.543. The van der Waals surface area contributed by atoms with Gasteiger partial charge in [0.15, 0.2) is 5.60 Å². The first kappa shape index (κ1) is 36.1. The predicted molar refractivity (Wildman–Crippen MR) is 185 cm³/mol. The van der Waals surface area contributed by atoms with Gasteiger partial charge in [0.2, 0.25) is 5.91 Å². The number of nitrogens with zero attached hydrogens (tertiary/aromatic N) is 2. The van der Waals surface area contributed by atoms with Crippen molar-refractivity contribution in [1.82, 2.24) is 14.3 Å². The topological polar surface area (TPSA) is 149 Å². The number of aliphatic hydroxyl groups excluding tert-OH is 1. The summed E-state index contributed by atoms with van der Waals surface area (Å²) in [5, 5.41) is 23.9. The largest absolute Gasteiger partial charge is 0.487 e. The number of aliphatic hydroxyl groups is 2. The molecule has 2 amide bonds. The van der Waals surface area contributed by atoms with Crippen molar-refractivity contribution in [3.63, 3.8) is 0 Å². The summed E-state index contributed by atoms with van der Waals surface area (Å²) in [5.41, 5.74) is 0.253. The summed E-state index contributed by atoms with van der Waals surface area (Å²) < 4.78 is 36.3. The molecule has 0 spiro atoms. The lowest BCUT2D eigenvalue weighted by atomic mass is 9.70. The predicted octanol–water partition coefficient (Wildman–Crippen LogP) is 3.80. The number of carbonyl (C=O) groups is 2. The van der Waals surface area contributed by atoms with Gasteiger partial charge in [0.05, 0.1) is 18.2 Å². The van der Waals surface area contributed by atoms with Gasteiger partial charge in [0.25, 0.3) is 5.91 Å². The summed E-state index contributed by atoms with van der Waals surface area (Å²) in [6.07, 6.45) is 7.15. The van der Waals surface area contributed by atoms with Gasteiger partial charge in [-0.1, -0.05) is 35.9 Å². The number of hydrogen-bond donors (Lipinski definition) is 4. The van der Waals surface area contributed by atoms with E-state index in [-0.39, 0.29) is 30.6 Å². The number of hydrogen-bond acceptors (Lipinski definition) is 8. The first-order chi connectivity index (χ1) is 22.8. The normalized spacial score (nSPS) is 26.3. The summed E-state index contributed by atoms with van der Waals surface area (Å²) in [6.45, 7) is 4.98. The van der Waals surface area contributed by atoms with Crippen LogP contribution in [0.15, 0.2) is 48.6 Å². The second-order valence-electron chi connectivity index (χ2n) is 13.6. The Morgan fingerprint density at radius 2 is 1.90 bits per heavy atom. The maximum atomic E-state index is 13.8. The number of amides is 2. The number of nitrogens with one attached hydrogen (secondary N) is 2. The van der Waals surface area contributed by atoms with Crippen LogP contribution in [0.1, 0.15) is 69.1 Å². The number of aryl methyl sites for hydroxylation is 1. The highest BCUT2D eigenvalue weighted by Gasteiger charge is 2.44. The molecule has 13 heteroatoms. The molecule has 1 saturated carbocycles. The fourth-order valence-corrected chi connectivity index (χ4v) is 8.02. The molecule has 1 aliphatic carbocycles. The summed E-state index contributed by atoms with van der Waals surface area (Å²) in [4.78, 5) is 30.8. The number of carbonyl (C=O) groups excluding carboxylic acids is 2. The molecule has 2 aliphatic heterocycles. The van der Waals surface area contributed by atoms with Crippen LogP contribution >= 0.6 is 11.6 Å². The molecule has 2 aromatic carbocycles. The van der Waals surface area contributed by atoms with Crippen LogP contribution in [-0.2, 0) is 38.4 Å². The van der Waals surface area contributed by atoms with Crippen molar-refractivity contribution in [2.75, 3.05) is 31.6 Å². The van der Waals surface area contributed by atoms with Crippen molar-refractivity contribution < 1.29 is 33.0 Å². The van der Waals surface area contributed by atoms with Crippen LogP contribution in [0.4, 0.5) is 5.69 Å². The van der Waals surface area contributed by atoms with Crippen molar-refractivity contribution in [3.8, 4) is 5.75 Å². The quantitative estimate of drug-likeness (QED) is 0.352. The molecule has 1 fully saturated rings. The van der Waals surface area contributed by atoms with Gasteiger partial charge in [-0.15, -0.1) is 0 Å². The van der Waals surface area contributed by atoms with E-state index in [1.165, 1.54) is 11.0 Å². The Labute approximate surface area is 288 Å². The average Bonchev–Trinajstić information content (AvgIpc) is 3.02. The lowest BCUT2D eigenvalue weighted by molar-refractivity contribution is -0.148. The molecular weight excluding hydrogens is 656 g/mol. The smallest absolute Gasteiger partial charge is 0.301 e. The number of benzene rings is 2. The molecule has 3 aliphatic rings. The van der Waals surface area contributed by atoms with Crippen LogP contribution in [0.2, 0.25) is 5.02 Å². The van der Waals surface area contributed by atoms with E-state index >= 15 is 0 Å². The number of ether oxygens (including phenoxy) is 1. The monoisotopic (exact) mass is 702 g/mol. The van der Waals surface area contributed by atoms with Crippen LogP contribution < -0.4 is 19.1 Å². The number of halogens is 1. The number of fused-ring (bicyclic) bond motifs is 3. The minimum absolute atomic E-state index is 0.0621. The molecule has 0 aromatic heterocycles. The second-order valence-corrected chi connectivity index (χ2v) is 15.4. The van der Waals surface area contributed by atoms with E-state index in [4.69, 9.17) is 16.3 Å². The zero-order valence-corrected chi connectivity index (χ0v) is 29.4. The molecule has 262 valence electrons.